The predicted molar refractivity (Wildman–Crippen MR) is 32.9 cm³/mol. The molecule has 0 aromatic heterocycles. The number of rotatable bonds is 4. The first-order chi connectivity index (χ1) is 4.72. The van der Waals surface area contributed by atoms with E-state index in [1.54, 1.807) is 0 Å². The molecule has 0 bridgehead atoms. The van der Waals surface area contributed by atoms with Crippen molar-refractivity contribution >= 4 is 5.97 Å². The first-order valence-electron chi connectivity index (χ1n) is 2.95. The van der Waals surface area contributed by atoms with Crippen LogP contribution in [0.25, 0.3) is 0 Å². The van der Waals surface area contributed by atoms with Gasteiger partial charge < -0.3 is 0 Å². The quantitative estimate of drug-likeness (QED) is 0.712. The van der Waals surface area contributed by atoms with Gasteiger partial charge in [0.2, 0.25) is 0 Å². The monoisotopic (exact) mass is 325 g/mol. The third-order valence-electron chi connectivity index (χ3n) is 1.19. The van der Waals surface area contributed by atoms with Gasteiger partial charge in [-0.25, -0.2) is 0 Å². The van der Waals surface area contributed by atoms with E-state index in [1.165, 1.54) is 0 Å². The number of nitrogens with one attached hydrogen (secondary N) is 1. The molecule has 0 saturated heterocycles. The average molecular weight is 324 g/mol. The molecule has 1 atom stereocenters. The Balaban J connectivity index is 3.42. The van der Waals surface area contributed by atoms with Crippen LogP contribution in [0.2, 0.25) is 0 Å². The van der Waals surface area contributed by atoms with Gasteiger partial charge in [-0.05, 0) is 0 Å². The van der Waals surface area contributed by atoms with Gasteiger partial charge in [-0.1, -0.05) is 0 Å². The molecule has 10 heavy (non-hydrogen) atoms. The molecule has 0 rings (SSSR count). The van der Waals surface area contributed by atoms with Crippen LogP contribution in [0.15, 0.2) is 0 Å². The van der Waals surface area contributed by atoms with E-state index in [4.69, 9.17) is 4.40 Å². The fourth-order valence-electron chi connectivity index (χ4n) is 0.320. The fourth-order valence-corrected chi connectivity index (χ4v) is 0.702. The van der Waals surface area contributed by atoms with Gasteiger partial charge in [0.05, 0.1) is 0 Å². The van der Waals surface area contributed by atoms with Gasteiger partial charge >= 0.3 is 68.5 Å². The summed E-state index contributed by atoms with van der Waals surface area (Å²) in [6, 6.07) is 0. The van der Waals surface area contributed by atoms with Crippen LogP contribution < -0.4 is 8.55 Å². The summed E-state index contributed by atoms with van der Waals surface area (Å²) in [5.41, 5.74) is 0. The van der Waals surface area contributed by atoms with Crippen LogP contribution in [0.1, 0.15) is 20.3 Å². The van der Waals surface area contributed by atoms with Gasteiger partial charge in [0.25, 0.3) is 0 Å². The zero-order valence-corrected chi connectivity index (χ0v) is 8.41. The van der Waals surface area contributed by atoms with E-state index < -0.39 is 18.2 Å². The summed E-state index contributed by atoms with van der Waals surface area (Å²) < 4.78 is 7.57. The van der Waals surface area contributed by atoms with Crippen molar-refractivity contribution in [3.8, 4) is 0 Å². The Morgan fingerprint density at radius 2 is 2.50 bits per heavy atom. The Bertz CT molecular complexity index is 110. The zero-order valence-electron chi connectivity index (χ0n) is 6.01. The molecule has 1 unspecified atom stereocenters. The first-order valence-corrected chi connectivity index (χ1v) is 5.53. The Morgan fingerprint density at radius 1 is 1.90 bits per heavy atom. The number of carbonyl (C=O) groups excluding carboxylic acids is 1. The van der Waals surface area contributed by atoms with Crippen molar-refractivity contribution in [3.63, 3.8) is 0 Å². The Labute approximate surface area is 69.0 Å². The molecule has 5 heteroatoms. The summed E-state index contributed by atoms with van der Waals surface area (Å²) in [6.07, 6.45) is 0.797. The Kier molecular flexibility index (Phi) is 5.82. The normalized spacial score (nSPS) is 13.1. The molecule has 0 saturated carbocycles. The third-order valence-corrected chi connectivity index (χ3v) is 1.72. The van der Waals surface area contributed by atoms with E-state index in [-0.39, 0.29) is 11.9 Å². The molecule has 0 spiro atoms. The summed E-state index contributed by atoms with van der Waals surface area (Å²) >= 11 is -0.760. The van der Waals surface area contributed by atoms with Gasteiger partial charge in [-0.3, -0.25) is 0 Å². The number of carbonyl (C=O) groups is 1. The second kappa shape index (κ2) is 5.80. The SMILES string of the molecule is CCC(C)C(=O)O[NH][Ir][NH2]. The van der Waals surface area contributed by atoms with Crippen LogP contribution in [-0.4, -0.2) is 5.97 Å². The second-order valence-corrected chi connectivity index (χ2v) is 3.07. The average Bonchev–Trinajstić information content (AvgIpc) is 1.98. The molecule has 0 aromatic carbocycles. The molecule has 0 amide bonds. The minimum atomic E-state index is -0.760. The van der Waals surface area contributed by atoms with Crippen LogP contribution in [0.3, 0.4) is 0 Å². The summed E-state index contributed by atoms with van der Waals surface area (Å²) in [6.45, 7) is 3.76. The van der Waals surface area contributed by atoms with Crippen molar-refractivity contribution in [2.45, 2.75) is 20.3 Å². The topological polar surface area (TPSA) is 64.3 Å². The Hall–Kier alpha value is 0.0394. The Morgan fingerprint density at radius 3 is 2.90 bits per heavy atom. The second-order valence-electron chi connectivity index (χ2n) is 1.89. The maximum absolute atomic E-state index is 10.8. The predicted octanol–water partition coefficient (Wildman–Crippen LogP) is -0.0485. The molecule has 0 aliphatic heterocycles. The molecular weight excluding hydrogens is 312 g/mol. The first kappa shape index (κ1) is 10.0. The molecule has 0 heterocycles. The summed E-state index contributed by atoms with van der Waals surface area (Å²) in [4.78, 5) is 15.4. The third kappa shape index (κ3) is 3.95. The molecule has 0 fully saturated rings. The molecule has 3 N–H and O–H groups in total. The summed E-state index contributed by atoms with van der Waals surface area (Å²) in [7, 11) is 0. The molecule has 4 nitrogen and oxygen atoms in total. The van der Waals surface area contributed by atoms with Crippen LogP contribution in [0.5, 0.6) is 0 Å². The van der Waals surface area contributed by atoms with Gasteiger partial charge in [0, 0.05) is 0 Å². The molecule has 0 aliphatic carbocycles. The van der Waals surface area contributed by atoms with E-state index in [0.29, 0.717) is 0 Å². The van der Waals surface area contributed by atoms with Crippen LogP contribution >= 0.6 is 0 Å². The number of hydrogen-bond acceptors (Lipinski definition) is 4. The zero-order chi connectivity index (χ0) is 7.98. The minimum absolute atomic E-state index is 0.0364. The van der Waals surface area contributed by atoms with Gasteiger partial charge in [0.15, 0.2) is 0 Å². The van der Waals surface area contributed by atoms with Gasteiger partial charge in [0.1, 0.15) is 0 Å². The van der Waals surface area contributed by atoms with Crippen LogP contribution in [-0.2, 0) is 27.8 Å². The van der Waals surface area contributed by atoms with Crippen molar-refractivity contribution in [2.75, 3.05) is 0 Å². The van der Waals surface area contributed by atoms with E-state index in [9.17, 15) is 4.79 Å². The van der Waals surface area contributed by atoms with Gasteiger partial charge in [-0.15, -0.1) is 0 Å². The van der Waals surface area contributed by atoms with Gasteiger partial charge in [-0.2, -0.15) is 0 Å². The summed E-state index contributed by atoms with van der Waals surface area (Å²) in [5, 5.41) is 0. The molecule has 0 aliphatic rings. The molecule has 0 aromatic rings. The van der Waals surface area contributed by atoms with Crippen molar-refractivity contribution in [1.29, 1.82) is 0 Å². The van der Waals surface area contributed by atoms with E-state index in [1.807, 2.05) is 13.8 Å². The van der Waals surface area contributed by atoms with Crippen molar-refractivity contribution < 1.29 is 27.8 Å². The molecule has 63 valence electrons. The van der Waals surface area contributed by atoms with E-state index in [2.05, 4.69) is 8.99 Å². The fraction of sp³-hybridized carbons (Fsp3) is 0.800. The van der Waals surface area contributed by atoms with Crippen LogP contribution in [0.4, 0.5) is 0 Å². The standard InChI is InChI=1S/C5H10NO2.Ir.H2N/c1-3-4(2)5(7)8-6;;/h4,6H,3H2,1-2H3;;1H2/q-1;+2;-1. The van der Waals surface area contributed by atoms with Crippen molar-refractivity contribution in [3.05, 3.63) is 0 Å². The summed E-state index contributed by atoms with van der Waals surface area (Å²) in [5.74, 6) is -0.262. The van der Waals surface area contributed by atoms with Crippen molar-refractivity contribution in [1.82, 2.24) is 4.15 Å². The maximum atomic E-state index is 10.8. The van der Waals surface area contributed by atoms with Crippen LogP contribution in [0, 0.1) is 5.92 Å². The molecular formula is C5H12IrN2O2. The van der Waals surface area contributed by atoms with Crippen molar-refractivity contribution in [2.24, 2.45) is 10.3 Å². The number of hydrogen-bond donors (Lipinski definition) is 2. The number of nitrogens with two attached hydrogens (primary N) is 1. The van der Waals surface area contributed by atoms with E-state index in [0.717, 1.165) is 6.42 Å². The molecule has 0 radical (unpaired) electrons. The van der Waals surface area contributed by atoms with E-state index >= 15 is 0 Å².